The summed E-state index contributed by atoms with van der Waals surface area (Å²) in [6.07, 6.45) is 0. The van der Waals surface area contributed by atoms with Crippen LogP contribution >= 0.6 is 11.3 Å². The Kier molecular flexibility index (Phi) is 3.10. The lowest BCUT2D eigenvalue weighted by Gasteiger charge is -2.12. The molecule has 3 nitrogen and oxygen atoms in total. The molecule has 0 radical (unpaired) electrons. The molecule has 0 aliphatic carbocycles. The molecule has 0 saturated heterocycles. The third kappa shape index (κ3) is 2.23. The number of hydrogen-bond donors (Lipinski definition) is 2. The third-order valence-corrected chi connectivity index (χ3v) is 4.26. The van der Waals surface area contributed by atoms with E-state index < -0.39 is 0 Å². The van der Waals surface area contributed by atoms with Crippen molar-refractivity contribution in [1.82, 2.24) is 4.98 Å². The molecular weight excluding hydrogens is 268 g/mol. The van der Waals surface area contributed by atoms with Crippen molar-refractivity contribution in [3.63, 3.8) is 0 Å². The average molecular weight is 284 g/mol. The predicted octanol–water partition coefficient (Wildman–Crippen LogP) is 4.41. The Morgan fingerprint density at radius 3 is 2.50 bits per heavy atom. The summed E-state index contributed by atoms with van der Waals surface area (Å²) >= 11 is 1.63. The summed E-state index contributed by atoms with van der Waals surface area (Å²) in [6.45, 7) is 6.09. The highest BCUT2D eigenvalue weighted by molar-refractivity contribution is 7.17. The molecule has 2 heterocycles. The molecule has 0 aliphatic heterocycles. The normalized spacial score (nSPS) is 10.9. The number of thiophene rings is 1. The molecule has 2 aromatic heterocycles. The minimum atomic E-state index is -0.0940. The Morgan fingerprint density at radius 1 is 1.15 bits per heavy atom. The van der Waals surface area contributed by atoms with E-state index >= 15 is 0 Å². The number of carbonyl (C=O) groups is 1. The van der Waals surface area contributed by atoms with Crippen LogP contribution in [0.3, 0.4) is 0 Å². The largest absolute Gasteiger partial charge is 0.350 e. The van der Waals surface area contributed by atoms with Gasteiger partial charge in [0.15, 0.2) is 0 Å². The molecule has 0 unspecified atom stereocenters. The third-order valence-electron chi connectivity index (χ3n) is 3.40. The maximum absolute atomic E-state index is 12.3. The summed E-state index contributed by atoms with van der Waals surface area (Å²) < 4.78 is 1.10. The van der Waals surface area contributed by atoms with Crippen molar-refractivity contribution in [3.05, 3.63) is 52.0 Å². The van der Waals surface area contributed by atoms with Crippen LogP contribution in [-0.4, -0.2) is 10.9 Å². The Labute approximate surface area is 121 Å². The first-order chi connectivity index (χ1) is 9.54. The quantitative estimate of drug-likeness (QED) is 0.719. The lowest BCUT2D eigenvalue weighted by molar-refractivity contribution is 0.102. The zero-order valence-corrected chi connectivity index (χ0v) is 12.5. The highest BCUT2D eigenvalue weighted by Gasteiger charge is 2.13. The van der Waals surface area contributed by atoms with Crippen molar-refractivity contribution in [2.24, 2.45) is 0 Å². The van der Waals surface area contributed by atoms with Crippen LogP contribution in [-0.2, 0) is 0 Å². The van der Waals surface area contributed by atoms with E-state index in [4.69, 9.17) is 0 Å². The number of amides is 1. The van der Waals surface area contributed by atoms with Crippen LogP contribution in [0.2, 0.25) is 0 Å². The van der Waals surface area contributed by atoms with Crippen LogP contribution in [0.4, 0.5) is 5.69 Å². The summed E-state index contributed by atoms with van der Waals surface area (Å²) in [4.78, 5) is 15.5. The van der Waals surface area contributed by atoms with Gasteiger partial charge in [0.25, 0.3) is 5.91 Å². The van der Waals surface area contributed by atoms with Crippen molar-refractivity contribution >= 4 is 33.1 Å². The van der Waals surface area contributed by atoms with Crippen molar-refractivity contribution in [2.75, 3.05) is 5.32 Å². The number of aromatic nitrogens is 1. The van der Waals surface area contributed by atoms with Crippen LogP contribution in [0, 0.1) is 20.8 Å². The van der Waals surface area contributed by atoms with Gasteiger partial charge in [-0.25, -0.2) is 0 Å². The van der Waals surface area contributed by atoms with Gasteiger partial charge < -0.3 is 10.3 Å². The number of rotatable bonds is 2. The van der Waals surface area contributed by atoms with Crippen LogP contribution in [0.5, 0.6) is 0 Å². The second-order valence-electron chi connectivity index (χ2n) is 5.11. The average Bonchev–Trinajstić information content (AvgIpc) is 2.93. The molecule has 3 aromatic rings. The Hall–Kier alpha value is -2.07. The zero-order valence-electron chi connectivity index (χ0n) is 11.7. The van der Waals surface area contributed by atoms with E-state index in [2.05, 4.69) is 29.4 Å². The molecule has 20 heavy (non-hydrogen) atoms. The van der Waals surface area contributed by atoms with Gasteiger partial charge >= 0.3 is 0 Å². The number of carbonyl (C=O) groups excluding carboxylic acids is 1. The first kappa shape index (κ1) is 12.9. The molecule has 0 atom stereocenters. The van der Waals surface area contributed by atoms with Crippen molar-refractivity contribution < 1.29 is 4.79 Å². The maximum Gasteiger partial charge on any atom is 0.272 e. The summed E-state index contributed by atoms with van der Waals surface area (Å²) in [5.74, 6) is -0.0940. The monoisotopic (exact) mass is 284 g/mol. The highest BCUT2D eigenvalue weighted by Crippen LogP contribution is 2.24. The SMILES string of the molecule is Cc1cc(C)c(NC(=O)c2cc3sccc3[nH]2)c(C)c1. The van der Waals surface area contributed by atoms with E-state index in [0.717, 1.165) is 27.0 Å². The topological polar surface area (TPSA) is 44.9 Å². The van der Waals surface area contributed by atoms with Crippen molar-refractivity contribution in [3.8, 4) is 0 Å². The van der Waals surface area contributed by atoms with Gasteiger partial charge in [0.2, 0.25) is 0 Å². The number of fused-ring (bicyclic) bond motifs is 1. The van der Waals surface area contributed by atoms with Gasteiger partial charge in [0.1, 0.15) is 5.69 Å². The molecule has 0 aliphatic rings. The van der Waals surface area contributed by atoms with Crippen molar-refractivity contribution in [1.29, 1.82) is 0 Å². The van der Waals surface area contributed by atoms with E-state index in [-0.39, 0.29) is 5.91 Å². The number of aromatic amines is 1. The number of aryl methyl sites for hydroxylation is 3. The molecule has 0 saturated carbocycles. The number of benzene rings is 1. The maximum atomic E-state index is 12.3. The standard InChI is InChI=1S/C16H16N2OS/c1-9-6-10(2)15(11(3)7-9)18-16(19)13-8-14-12(17-13)4-5-20-14/h4-8,17H,1-3H3,(H,18,19). The Bertz CT molecular complexity index is 746. The van der Waals surface area contributed by atoms with Crippen LogP contribution in [0.25, 0.3) is 10.2 Å². The minimum Gasteiger partial charge on any atom is -0.350 e. The van der Waals surface area contributed by atoms with E-state index in [9.17, 15) is 4.79 Å². The summed E-state index contributed by atoms with van der Waals surface area (Å²) in [5.41, 5.74) is 5.90. The molecule has 1 amide bonds. The second-order valence-corrected chi connectivity index (χ2v) is 6.06. The first-order valence-electron chi connectivity index (χ1n) is 6.50. The van der Waals surface area contributed by atoms with Gasteiger partial charge in [-0.1, -0.05) is 17.7 Å². The summed E-state index contributed by atoms with van der Waals surface area (Å²) in [7, 11) is 0. The van der Waals surface area contributed by atoms with E-state index in [1.165, 1.54) is 5.56 Å². The molecule has 0 fully saturated rings. The van der Waals surface area contributed by atoms with Crippen LogP contribution < -0.4 is 5.32 Å². The first-order valence-corrected chi connectivity index (χ1v) is 7.38. The molecule has 102 valence electrons. The predicted molar refractivity (Wildman–Crippen MR) is 84.8 cm³/mol. The molecule has 1 aromatic carbocycles. The summed E-state index contributed by atoms with van der Waals surface area (Å²) in [5, 5.41) is 5.02. The second kappa shape index (κ2) is 4.80. The van der Waals surface area contributed by atoms with Gasteiger partial charge in [0, 0.05) is 5.69 Å². The van der Waals surface area contributed by atoms with Gasteiger partial charge in [0.05, 0.1) is 10.2 Å². The fourth-order valence-electron chi connectivity index (χ4n) is 2.53. The fraction of sp³-hybridized carbons (Fsp3) is 0.188. The van der Waals surface area contributed by atoms with Crippen molar-refractivity contribution in [2.45, 2.75) is 20.8 Å². The van der Waals surface area contributed by atoms with E-state index in [1.807, 2.05) is 31.4 Å². The van der Waals surface area contributed by atoms with Gasteiger partial charge in [-0.3, -0.25) is 4.79 Å². The number of anilines is 1. The minimum absolute atomic E-state index is 0.0940. The Morgan fingerprint density at radius 2 is 1.85 bits per heavy atom. The van der Waals surface area contributed by atoms with E-state index in [1.54, 1.807) is 11.3 Å². The van der Waals surface area contributed by atoms with E-state index in [0.29, 0.717) is 5.69 Å². The lowest BCUT2D eigenvalue weighted by Crippen LogP contribution is -2.14. The molecule has 0 bridgehead atoms. The molecular formula is C16H16N2OS. The van der Waals surface area contributed by atoms with Gasteiger partial charge in [-0.15, -0.1) is 11.3 Å². The smallest absolute Gasteiger partial charge is 0.272 e. The van der Waals surface area contributed by atoms with Gasteiger partial charge in [-0.2, -0.15) is 0 Å². The van der Waals surface area contributed by atoms with Crippen LogP contribution in [0.1, 0.15) is 27.2 Å². The highest BCUT2D eigenvalue weighted by atomic mass is 32.1. The number of nitrogens with one attached hydrogen (secondary N) is 2. The Balaban J connectivity index is 1.91. The molecule has 2 N–H and O–H groups in total. The molecule has 3 rings (SSSR count). The van der Waals surface area contributed by atoms with Crippen LogP contribution in [0.15, 0.2) is 29.6 Å². The summed E-state index contributed by atoms with van der Waals surface area (Å²) in [6, 6.07) is 8.04. The van der Waals surface area contributed by atoms with Gasteiger partial charge in [-0.05, 0) is 49.4 Å². The zero-order chi connectivity index (χ0) is 14.3. The number of hydrogen-bond acceptors (Lipinski definition) is 2. The molecule has 0 spiro atoms. The molecule has 4 heteroatoms. The lowest BCUT2D eigenvalue weighted by atomic mass is 10.1. The fourth-order valence-corrected chi connectivity index (χ4v) is 3.31. The number of H-pyrrole nitrogens is 1.